The van der Waals surface area contributed by atoms with Gasteiger partial charge in [-0.2, -0.15) is 9.57 Å². The van der Waals surface area contributed by atoms with Crippen molar-refractivity contribution in [3.05, 3.63) is 28.8 Å². The lowest BCUT2D eigenvalue weighted by Gasteiger charge is -2.34. The van der Waals surface area contributed by atoms with Crippen LogP contribution < -0.4 is 5.73 Å². The van der Waals surface area contributed by atoms with Crippen LogP contribution in [0.1, 0.15) is 31.2 Å². The SMILES string of the molecule is N#Cc1ccc(S(=O)(=O)N2CCCCC2CCN)cc1Cl. The smallest absolute Gasteiger partial charge is 0.243 e. The van der Waals surface area contributed by atoms with Crippen molar-refractivity contribution in [2.75, 3.05) is 13.1 Å². The zero-order chi connectivity index (χ0) is 15.5. The highest BCUT2D eigenvalue weighted by molar-refractivity contribution is 7.89. The van der Waals surface area contributed by atoms with Crippen molar-refractivity contribution < 1.29 is 8.42 Å². The molecule has 0 aliphatic carbocycles. The van der Waals surface area contributed by atoms with Gasteiger partial charge >= 0.3 is 0 Å². The Morgan fingerprint density at radius 3 is 2.81 bits per heavy atom. The van der Waals surface area contributed by atoms with Gasteiger partial charge in [-0.1, -0.05) is 18.0 Å². The first-order valence-corrected chi connectivity index (χ1v) is 8.74. The van der Waals surface area contributed by atoms with Crippen molar-refractivity contribution in [3.8, 4) is 6.07 Å². The molecule has 1 aromatic rings. The van der Waals surface area contributed by atoms with Gasteiger partial charge in [0.1, 0.15) is 6.07 Å². The molecular weight excluding hydrogens is 310 g/mol. The fraction of sp³-hybridized carbons (Fsp3) is 0.500. The van der Waals surface area contributed by atoms with Crippen LogP contribution in [-0.4, -0.2) is 31.9 Å². The maximum atomic E-state index is 12.8. The molecule has 5 nitrogen and oxygen atoms in total. The quantitative estimate of drug-likeness (QED) is 0.917. The van der Waals surface area contributed by atoms with E-state index in [2.05, 4.69) is 0 Å². The standard InChI is InChI=1S/C14H18ClN3O2S/c15-14-9-13(5-4-11(14)10-17)21(19,20)18-8-2-1-3-12(18)6-7-16/h4-5,9,12H,1-3,6-8,16H2. The Hall–Kier alpha value is -1.13. The second-order valence-corrected chi connectivity index (χ2v) is 7.39. The van der Waals surface area contributed by atoms with Crippen LogP contribution in [0.5, 0.6) is 0 Å². The number of nitriles is 1. The zero-order valence-electron chi connectivity index (χ0n) is 11.6. The summed E-state index contributed by atoms with van der Waals surface area (Å²) < 4.78 is 27.1. The second-order valence-electron chi connectivity index (χ2n) is 5.10. The lowest BCUT2D eigenvalue weighted by molar-refractivity contribution is 0.243. The largest absolute Gasteiger partial charge is 0.330 e. The molecule has 2 rings (SSSR count). The molecule has 1 aliphatic heterocycles. The highest BCUT2D eigenvalue weighted by Gasteiger charge is 2.33. The van der Waals surface area contributed by atoms with Crippen LogP contribution in [-0.2, 0) is 10.0 Å². The average Bonchev–Trinajstić information content (AvgIpc) is 2.48. The van der Waals surface area contributed by atoms with Crippen molar-refractivity contribution in [2.45, 2.75) is 36.6 Å². The normalized spacial score (nSPS) is 20.1. The third-order valence-electron chi connectivity index (χ3n) is 3.74. The molecule has 0 saturated carbocycles. The summed E-state index contributed by atoms with van der Waals surface area (Å²) in [5, 5.41) is 9.02. The predicted octanol–water partition coefficient (Wildman–Crippen LogP) is 2.10. The topological polar surface area (TPSA) is 87.2 Å². The predicted molar refractivity (Wildman–Crippen MR) is 81.4 cm³/mol. The van der Waals surface area contributed by atoms with E-state index in [-0.39, 0.29) is 21.5 Å². The molecule has 21 heavy (non-hydrogen) atoms. The molecule has 1 saturated heterocycles. The van der Waals surface area contributed by atoms with E-state index in [9.17, 15) is 8.42 Å². The molecule has 1 unspecified atom stereocenters. The van der Waals surface area contributed by atoms with Crippen LogP contribution in [0.25, 0.3) is 0 Å². The van der Waals surface area contributed by atoms with E-state index in [0.717, 1.165) is 19.3 Å². The van der Waals surface area contributed by atoms with Gasteiger partial charge in [-0.15, -0.1) is 0 Å². The number of nitrogens with zero attached hydrogens (tertiary/aromatic N) is 2. The minimum atomic E-state index is -3.60. The van der Waals surface area contributed by atoms with Crippen LogP contribution in [0, 0.1) is 11.3 Å². The Morgan fingerprint density at radius 2 is 2.19 bits per heavy atom. The molecule has 1 aromatic carbocycles. The maximum absolute atomic E-state index is 12.8. The van der Waals surface area contributed by atoms with E-state index in [0.29, 0.717) is 19.5 Å². The summed E-state index contributed by atoms with van der Waals surface area (Å²) in [5.74, 6) is 0. The summed E-state index contributed by atoms with van der Waals surface area (Å²) in [7, 11) is -3.60. The molecule has 7 heteroatoms. The number of halogens is 1. The van der Waals surface area contributed by atoms with Crippen LogP contribution in [0.2, 0.25) is 5.02 Å². The Morgan fingerprint density at radius 1 is 1.43 bits per heavy atom. The lowest BCUT2D eigenvalue weighted by Crippen LogP contribution is -2.44. The van der Waals surface area contributed by atoms with Crippen LogP contribution in [0.4, 0.5) is 0 Å². The monoisotopic (exact) mass is 327 g/mol. The molecule has 1 heterocycles. The first-order chi connectivity index (χ1) is 10.0. The van der Waals surface area contributed by atoms with Gasteiger partial charge in [0.15, 0.2) is 0 Å². The van der Waals surface area contributed by atoms with E-state index >= 15 is 0 Å². The van der Waals surface area contributed by atoms with Gasteiger partial charge in [0.2, 0.25) is 10.0 Å². The summed E-state index contributed by atoms with van der Waals surface area (Å²) in [5.41, 5.74) is 5.86. The van der Waals surface area contributed by atoms with Crippen LogP contribution >= 0.6 is 11.6 Å². The summed E-state index contributed by atoms with van der Waals surface area (Å²) in [4.78, 5) is 0.135. The molecule has 1 fully saturated rings. The number of hydrogen-bond acceptors (Lipinski definition) is 4. The van der Waals surface area contributed by atoms with E-state index in [4.69, 9.17) is 22.6 Å². The molecule has 1 aliphatic rings. The summed E-state index contributed by atoms with van der Waals surface area (Å²) in [6.45, 7) is 0.968. The van der Waals surface area contributed by atoms with Gasteiger partial charge in [0, 0.05) is 12.6 Å². The number of piperidine rings is 1. The van der Waals surface area contributed by atoms with Gasteiger partial charge in [-0.3, -0.25) is 0 Å². The fourth-order valence-corrected chi connectivity index (χ4v) is 4.69. The summed E-state index contributed by atoms with van der Waals surface area (Å²) in [6.07, 6.45) is 3.36. The molecule has 1 atom stereocenters. The van der Waals surface area contributed by atoms with E-state index in [1.54, 1.807) is 0 Å². The van der Waals surface area contributed by atoms with Crippen molar-refractivity contribution >= 4 is 21.6 Å². The first-order valence-electron chi connectivity index (χ1n) is 6.92. The number of sulfonamides is 1. The van der Waals surface area contributed by atoms with Crippen molar-refractivity contribution in [1.82, 2.24) is 4.31 Å². The molecular formula is C14H18ClN3O2S. The number of rotatable bonds is 4. The van der Waals surface area contributed by atoms with Crippen LogP contribution in [0.15, 0.2) is 23.1 Å². The maximum Gasteiger partial charge on any atom is 0.243 e. The van der Waals surface area contributed by atoms with E-state index in [1.807, 2.05) is 6.07 Å². The zero-order valence-corrected chi connectivity index (χ0v) is 13.2. The lowest BCUT2D eigenvalue weighted by atomic mass is 10.0. The van der Waals surface area contributed by atoms with E-state index in [1.165, 1.54) is 22.5 Å². The van der Waals surface area contributed by atoms with Gasteiger partial charge in [0.05, 0.1) is 15.5 Å². The highest BCUT2D eigenvalue weighted by atomic mass is 35.5. The average molecular weight is 328 g/mol. The van der Waals surface area contributed by atoms with E-state index < -0.39 is 10.0 Å². The fourth-order valence-electron chi connectivity index (χ4n) is 2.65. The third kappa shape index (κ3) is 3.38. The van der Waals surface area contributed by atoms with Gasteiger partial charge in [0.25, 0.3) is 0 Å². The number of benzene rings is 1. The van der Waals surface area contributed by atoms with Crippen molar-refractivity contribution in [1.29, 1.82) is 5.26 Å². The molecule has 0 spiro atoms. The Labute approximate surface area is 130 Å². The van der Waals surface area contributed by atoms with Gasteiger partial charge < -0.3 is 5.73 Å². The summed E-state index contributed by atoms with van der Waals surface area (Å²) in [6, 6.07) is 6.10. The second kappa shape index (κ2) is 6.75. The molecule has 0 aromatic heterocycles. The molecule has 0 amide bonds. The number of hydrogen-bond donors (Lipinski definition) is 1. The molecule has 0 radical (unpaired) electrons. The molecule has 2 N–H and O–H groups in total. The van der Waals surface area contributed by atoms with Crippen molar-refractivity contribution in [2.24, 2.45) is 5.73 Å². The Kier molecular flexibility index (Phi) is 5.22. The third-order valence-corrected chi connectivity index (χ3v) is 6.00. The Balaban J connectivity index is 2.36. The minimum absolute atomic E-state index is 0.0526. The van der Waals surface area contributed by atoms with Crippen molar-refractivity contribution in [3.63, 3.8) is 0 Å². The number of nitrogens with two attached hydrogens (primary N) is 1. The van der Waals surface area contributed by atoms with Gasteiger partial charge in [-0.05, 0) is 44.0 Å². The van der Waals surface area contributed by atoms with Gasteiger partial charge in [-0.25, -0.2) is 8.42 Å². The summed E-state index contributed by atoms with van der Waals surface area (Å²) >= 11 is 5.95. The first kappa shape index (κ1) is 16.2. The Bertz CT molecular complexity index is 653. The van der Waals surface area contributed by atoms with Crippen LogP contribution in [0.3, 0.4) is 0 Å². The molecule has 114 valence electrons. The molecule has 0 bridgehead atoms. The minimum Gasteiger partial charge on any atom is -0.330 e. The highest BCUT2D eigenvalue weighted by Crippen LogP contribution is 2.28.